The van der Waals surface area contributed by atoms with E-state index in [4.69, 9.17) is 17.3 Å². The molecule has 0 amide bonds. The standard InChI is InChI=1S/C13H19ClN2S/c1-9-10(2)17-7-6-16(9)13-5-3-4-12(14)11(13)8-15/h3-5,9-10H,6-8,15H2,1-2H3. The van der Waals surface area contributed by atoms with Crippen LogP contribution < -0.4 is 10.6 Å². The molecule has 0 radical (unpaired) electrons. The third kappa shape index (κ3) is 2.56. The van der Waals surface area contributed by atoms with Gasteiger partial charge in [-0.15, -0.1) is 0 Å². The predicted molar refractivity (Wildman–Crippen MR) is 78.1 cm³/mol. The van der Waals surface area contributed by atoms with E-state index in [1.165, 1.54) is 11.4 Å². The van der Waals surface area contributed by atoms with Crippen molar-refractivity contribution < 1.29 is 0 Å². The Balaban J connectivity index is 2.35. The predicted octanol–water partition coefficient (Wildman–Crippen LogP) is 3.13. The molecule has 1 aliphatic rings. The van der Waals surface area contributed by atoms with Crippen molar-refractivity contribution in [3.63, 3.8) is 0 Å². The molecule has 0 spiro atoms. The summed E-state index contributed by atoms with van der Waals surface area (Å²) in [6.45, 7) is 6.13. The largest absolute Gasteiger partial charge is 0.367 e. The molecule has 1 heterocycles. The molecule has 2 nitrogen and oxygen atoms in total. The number of anilines is 1. The minimum Gasteiger partial charge on any atom is -0.367 e. The molecule has 1 aromatic carbocycles. The van der Waals surface area contributed by atoms with Crippen molar-refractivity contribution >= 4 is 29.1 Å². The van der Waals surface area contributed by atoms with Gasteiger partial charge in [0, 0.05) is 46.4 Å². The van der Waals surface area contributed by atoms with Gasteiger partial charge in [0.1, 0.15) is 0 Å². The second-order valence-electron chi connectivity index (χ2n) is 4.45. The summed E-state index contributed by atoms with van der Waals surface area (Å²) >= 11 is 8.26. The van der Waals surface area contributed by atoms with Gasteiger partial charge in [-0.2, -0.15) is 11.8 Å². The van der Waals surface area contributed by atoms with Crippen molar-refractivity contribution in [2.24, 2.45) is 5.73 Å². The molecule has 1 aromatic rings. The Hall–Kier alpha value is -0.380. The van der Waals surface area contributed by atoms with Crippen molar-refractivity contribution in [1.29, 1.82) is 0 Å². The zero-order valence-corrected chi connectivity index (χ0v) is 11.9. The van der Waals surface area contributed by atoms with Crippen LogP contribution >= 0.6 is 23.4 Å². The highest BCUT2D eigenvalue weighted by atomic mass is 35.5. The quantitative estimate of drug-likeness (QED) is 0.895. The van der Waals surface area contributed by atoms with Gasteiger partial charge in [0.2, 0.25) is 0 Å². The maximum atomic E-state index is 6.22. The molecule has 2 atom stereocenters. The molecule has 4 heteroatoms. The maximum absolute atomic E-state index is 6.22. The van der Waals surface area contributed by atoms with E-state index in [2.05, 4.69) is 24.8 Å². The van der Waals surface area contributed by atoms with Gasteiger partial charge in [-0.05, 0) is 19.1 Å². The first-order valence-corrected chi connectivity index (χ1v) is 7.43. The van der Waals surface area contributed by atoms with Crippen LogP contribution in [0.5, 0.6) is 0 Å². The van der Waals surface area contributed by atoms with Gasteiger partial charge in [0.25, 0.3) is 0 Å². The fourth-order valence-corrected chi connectivity index (χ4v) is 3.64. The summed E-state index contributed by atoms with van der Waals surface area (Å²) in [6, 6.07) is 6.58. The average molecular weight is 271 g/mol. The first-order valence-electron chi connectivity index (χ1n) is 6.01. The molecule has 0 aliphatic carbocycles. The number of benzene rings is 1. The lowest BCUT2D eigenvalue weighted by Gasteiger charge is -2.40. The lowest BCUT2D eigenvalue weighted by atomic mass is 10.1. The lowest BCUT2D eigenvalue weighted by Crippen LogP contribution is -2.45. The normalized spacial score (nSPS) is 25.1. The van der Waals surface area contributed by atoms with Crippen LogP contribution in [0.2, 0.25) is 5.02 Å². The molecular formula is C13H19ClN2S. The fourth-order valence-electron chi connectivity index (χ4n) is 2.29. The SMILES string of the molecule is CC1SCCN(c2cccc(Cl)c2CN)C1C. The number of thioether (sulfide) groups is 1. The van der Waals surface area contributed by atoms with Crippen molar-refractivity contribution in [1.82, 2.24) is 0 Å². The fraction of sp³-hybridized carbons (Fsp3) is 0.538. The van der Waals surface area contributed by atoms with Crippen LogP contribution in [0.4, 0.5) is 5.69 Å². The van der Waals surface area contributed by atoms with Crippen molar-refractivity contribution in [2.45, 2.75) is 31.7 Å². The van der Waals surface area contributed by atoms with E-state index >= 15 is 0 Å². The summed E-state index contributed by atoms with van der Waals surface area (Å²) in [6.07, 6.45) is 0. The summed E-state index contributed by atoms with van der Waals surface area (Å²) in [7, 11) is 0. The van der Waals surface area contributed by atoms with Crippen LogP contribution in [0.15, 0.2) is 18.2 Å². The van der Waals surface area contributed by atoms with Crippen LogP contribution in [0, 0.1) is 0 Å². The summed E-state index contributed by atoms with van der Waals surface area (Å²) < 4.78 is 0. The summed E-state index contributed by atoms with van der Waals surface area (Å²) in [5, 5.41) is 1.43. The number of rotatable bonds is 2. The zero-order valence-electron chi connectivity index (χ0n) is 10.3. The van der Waals surface area contributed by atoms with Crippen LogP contribution in [0.3, 0.4) is 0 Å². The molecule has 1 fully saturated rings. The van der Waals surface area contributed by atoms with E-state index in [1.807, 2.05) is 23.9 Å². The van der Waals surface area contributed by atoms with Crippen molar-refractivity contribution in [3.05, 3.63) is 28.8 Å². The minimum absolute atomic E-state index is 0.500. The number of halogens is 1. The van der Waals surface area contributed by atoms with E-state index in [-0.39, 0.29) is 0 Å². The molecule has 0 bridgehead atoms. The number of nitrogens with zero attached hydrogens (tertiary/aromatic N) is 1. The smallest absolute Gasteiger partial charge is 0.0471 e. The van der Waals surface area contributed by atoms with Gasteiger partial charge in [-0.3, -0.25) is 0 Å². The Morgan fingerprint density at radius 2 is 2.24 bits per heavy atom. The molecule has 94 valence electrons. The summed E-state index contributed by atoms with van der Waals surface area (Å²) in [4.78, 5) is 2.44. The highest BCUT2D eigenvalue weighted by molar-refractivity contribution is 8.00. The minimum atomic E-state index is 0.500. The Kier molecular flexibility index (Phi) is 4.23. The second-order valence-corrected chi connectivity index (χ2v) is 6.34. The molecule has 0 aromatic heterocycles. The van der Waals surface area contributed by atoms with Gasteiger partial charge < -0.3 is 10.6 Å². The number of nitrogens with two attached hydrogens (primary N) is 1. The van der Waals surface area contributed by atoms with E-state index in [0.29, 0.717) is 17.8 Å². The third-order valence-corrected chi connectivity index (χ3v) is 5.18. The molecule has 2 unspecified atom stereocenters. The average Bonchev–Trinajstić information content (AvgIpc) is 2.32. The Morgan fingerprint density at radius 3 is 2.94 bits per heavy atom. The van der Waals surface area contributed by atoms with Crippen LogP contribution in [0.1, 0.15) is 19.4 Å². The van der Waals surface area contributed by atoms with E-state index < -0.39 is 0 Å². The molecule has 2 rings (SSSR count). The molecular weight excluding hydrogens is 252 g/mol. The summed E-state index contributed by atoms with van der Waals surface area (Å²) in [5.41, 5.74) is 8.10. The molecule has 2 N–H and O–H groups in total. The number of hydrogen-bond acceptors (Lipinski definition) is 3. The Labute approximate surface area is 113 Å². The van der Waals surface area contributed by atoms with E-state index in [9.17, 15) is 0 Å². The highest BCUT2D eigenvalue weighted by Crippen LogP contribution is 2.33. The van der Waals surface area contributed by atoms with Crippen molar-refractivity contribution in [3.8, 4) is 0 Å². The second kappa shape index (κ2) is 5.51. The first-order chi connectivity index (χ1) is 8.15. The van der Waals surface area contributed by atoms with Gasteiger partial charge in [0.05, 0.1) is 0 Å². The zero-order chi connectivity index (χ0) is 12.4. The van der Waals surface area contributed by atoms with Crippen LogP contribution in [-0.4, -0.2) is 23.6 Å². The molecule has 17 heavy (non-hydrogen) atoms. The Morgan fingerprint density at radius 1 is 1.47 bits per heavy atom. The molecule has 0 saturated carbocycles. The van der Waals surface area contributed by atoms with Crippen molar-refractivity contribution in [2.75, 3.05) is 17.2 Å². The van der Waals surface area contributed by atoms with E-state index in [0.717, 1.165) is 17.1 Å². The van der Waals surface area contributed by atoms with Crippen LogP contribution in [0.25, 0.3) is 0 Å². The molecule has 1 aliphatic heterocycles. The first kappa shape index (κ1) is 13.1. The summed E-state index contributed by atoms with van der Waals surface area (Å²) in [5.74, 6) is 1.17. The van der Waals surface area contributed by atoms with Gasteiger partial charge in [-0.1, -0.05) is 24.6 Å². The van der Waals surface area contributed by atoms with Crippen LogP contribution in [-0.2, 0) is 6.54 Å². The lowest BCUT2D eigenvalue weighted by molar-refractivity contribution is 0.625. The topological polar surface area (TPSA) is 29.3 Å². The third-order valence-electron chi connectivity index (χ3n) is 3.49. The number of hydrogen-bond donors (Lipinski definition) is 1. The maximum Gasteiger partial charge on any atom is 0.0471 e. The highest BCUT2D eigenvalue weighted by Gasteiger charge is 2.26. The van der Waals surface area contributed by atoms with Gasteiger partial charge in [-0.25, -0.2) is 0 Å². The Bertz CT molecular complexity index is 397. The van der Waals surface area contributed by atoms with E-state index in [1.54, 1.807) is 0 Å². The van der Waals surface area contributed by atoms with Gasteiger partial charge in [0.15, 0.2) is 0 Å². The van der Waals surface area contributed by atoms with Gasteiger partial charge >= 0.3 is 0 Å². The molecule has 1 saturated heterocycles. The monoisotopic (exact) mass is 270 g/mol.